The number of ketones is 1. The molecule has 6 rings (SSSR count). The number of piperidine rings is 2. The monoisotopic (exact) mass is 433 g/mol. The molecule has 0 radical (unpaired) electrons. The number of carbonyl (C=O) groups excluding carboxylic acids is 2. The van der Waals surface area contributed by atoms with Crippen LogP contribution in [-0.4, -0.2) is 39.3 Å². The van der Waals surface area contributed by atoms with Crippen LogP contribution in [0.25, 0.3) is 10.9 Å². The van der Waals surface area contributed by atoms with Gasteiger partial charge in [0.05, 0.1) is 5.56 Å². The summed E-state index contributed by atoms with van der Waals surface area (Å²) in [5.74, 6) is 0.470. The Labute approximate surface area is 190 Å². The van der Waals surface area contributed by atoms with Crippen LogP contribution in [0.4, 0.5) is 0 Å². The van der Waals surface area contributed by atoms with Gasteiger partial charge in [0.1, 0.15) is 0 Å². The zero-order chi connectivity index (χ0) is 21.8. The van der Waals surface area contributed by atoms with Crippen LogP contribution >= 0.6 is 0 Å². The van der Waals surface area contributed by atoms with E-state index in [4.69, 9.17) is 5.73 Å². The van der Waals surface area contributed by atoms with E-state index in [2.05, 4.69) is 15.5 Å². The Morgan fingerprint density at radius 3 is 2.12 bits per heavy atom. The summed E-state index contributed by atoms with van der Waals surface area (Å²) in [6.45, 7) is 0. The molecule has 2 saturated carbocycles. The smallest absolute Gasteiger partial charge is 0.289 e. The lowest BCUT2D eigenvalue weighted by Crippen LogP contribution is -2.58. The van der Waals surface area contributed by atoms with Crippen LogP contribution in [0.2, 0.25) is 0 Å². The summed E-state index contributed by atoms with van der Waals surface area (Å²) in [7, 11) is 0. The van der Waals surface area contributed by atoms with Crippen molar-refractivity contribution in [2.75, 3.05) is 0 Å². The Morgan fingerprint density at radius 2 is 1.44 bits per heavy atom. The van der Waals surface area contributed by atoms with E-state index < -0.39 is 11.7 Å². The van der Waals surface area contributed by atoms with Crippen LogP contribution in [0.3, 0.4) is 0 Å². The average Bonchev–Trinajstić information content (AvgIpc) is 3.17. The molecule has 5 nitrogen and oxygen atoms in total. The Morgan fingerprint density at radius 1 is 0.781 bits per heavy atom. The van der Waals surface area contributed by atoms with Crippen LogP contribution in [-0.2, 0) is 4.79 Å². The van der Waals surface area contributed by atoms with E-state index in [9.17, 15) is 9.59 Å². The second-order valence-electron chi connectivity index (χ2n) is 11.0. The summed E-state index contributed by atoms with van der Waals surface area (Å²) in [6, 6.07) is 10.4. The predicted molar refractivity (Wildman–Crippen MR) is 125 cm³/mol. The number of fused-ring (bicyclic) bond motifs is 5. The van der Waals surface area contributed by atoms with Gasteiger partial charge in [0.2, 0.25) is 0 Å². The third-order valence-corrected chi connectivity index (χ3v) is 9.13. The van der Waals surface area contributed by atoms with Gasteiger partial charge in [-0.1, -0.05) is 43.9 Å². The molecule has 4 bridgehead atoms. The second-order valence-corrected chi connectivity index (χ2v) is 11.0. The van der Waals surface area contributed by atoms with Crippen LogP contribution in [0.1, 0.15) is 87.0 Å². The van der Waals surface area contributed by atoms with Crippen molar-refractivity contribution in [2.24, 2.45) is 17.6 Å². The van der Waals surface area contributed by atoms with Crippen LogP contribution in [0.15, 0.2) is 30.5 Å². The van der Waals surface area contributed by atoms with Gasteiger partial charge in [-0.05, 0) is 62.8 Å². The molecule has 4 aliphatic rings. The minimum absolute atomic E-state index is 0.379. The van der Waals surface area contributed by atoms with Crippen molar-refractivity contribution in [3.05, 3.63) is 36.0 Å². The first kappa shape index (κ1) is 20.5. The number of amides is 1. The molecule has 2 aromatic rings. The number of nitrogens with zero attached hydrogens (tertiary/aromatic N) is 2. The van der Waals surface area contributed by atoms with Crippen molar-refractivity contribution < 1.29 is 9.59 Å². The topological polar surface area (TPSA) is 68.3 Å². The van der Waals surface area contributed by atoms with Crippen molar-refractivity contribution in [1.82, 2.24) is 9.47 Å². The van der Waals surface area contributed by atoms with Gasteiger partial charge in [0, 0.05) is 41.3 Å². The summed E-state index contributed by atoms with van der Waals surface area (Å²) >= 11 is 0. The maximum atomic E-state index is 12.5. The van der Waals surface area contributed by atoms with E-state index in [0.29, 0.717) is 23.7 Å². The first-order valence-corrected chi connectivity index (χ1v) is 12.8. The minimum atomic E-state index is -0.873. The number of hydrogen-bond donors (Lipinski definition) is 1. The maximum absolute atomic E-state index is 12.5. The van der Waals surface area contributed by atoms with Gasteiger partial charge < -0.3 is 10.3 Å². The molecule has 0 spiro atoms. The summed E-state index contributed by atoms with van der Waals surface area (Å²) in [5.41, 5.74) is 6.87. The standard InChI is InChI=1S/C27H35N3O2/c28-27(32)26(31)24-16-29(25-10-2-1-9-23(24)25)21-14-19-7-4-8-20(15-21)30(19)22-12-17-5-3-6-18(11-17)13-22/h1-2,9-10,16-22H,3-8,11-15H2,(H2,28,32)/t17-,18+,19?,20?,21?,22?. The Hall–Kier alpha value is -2.14. The lowest BCUT2D eigenvalue weighted by molar-refractivity contribution is -0.114. The number of benzene rings is 1. The SMILES string of the molecule is NC(=O)C(=O)c1cn(C2CC3CCCC(C2)N3C2C[C@H]3CCC[C@@H](C2)C3)c2ccccc12. The normalized spacial score (nSPS) is 35.0. The van der Waals surface area contributed by atoms with E-state index in [1.165, 1.54) is 57.8 Å². The third-order valence-electron chi connectivity index (χ3n) is 9.13. The number of nitrogens with two attached hydrogens (primary N) is 1. The van der Waals surface area contributed by atoms with Gasteiger partial charge >= 0.3 is 0 Å². The molecule has 170 valence electrons. The molecular weight excluding hydrogens is 398 g/mol. The van der Waals surface area contributed by atoms with E-state index in [0.717, 1.165) is 41.6 Å². The third kappa shape index (κ3) is 3.40. The number of para-hydroxylation sites is 1. The van der Waals surface area contributed by atoms with Gasteiger partial charge in [0.25, 0.3) is 11.7 Å². The van der Waals surface area contributed by atoms with E-state index >= 15 is 0 Å². The molecule has 2 aliphatic carbocycles. The van der Waals surface area contributed by atoms with Gasteiger partial charge in [-0.2, -0.15) is 0 Å². The quantitative estimate of drug-likeness (QED) is 0.554. The zero-order valence-electron chi connectivity index (χ0n) is 18.9. The van der Waals surface area contributed by atoms with Crippen molar-refractivity contribution in [3.63, 3.8) is 0 Å². The van der Waals surface area contributed by atoms with Gasteiger partial charge in [-0.3, -0.25) is 14.5 Å². The van der Waals surface area contributed by atoms with E-state index in [1.807, 2.05) is 24.4 Å². The number of carbonyl (C=O) groups is 2. The fourth-order valence-electron chi connectivity index (χ4n) is 7.97. The van der Waals surface area contributed by atoms with Crippen molar-refractivity contribution >= 4 is 22.6 Å². The van der Waals surface area contributed by atoms with Crippen molar-refractivity contribution in [1.29, 1.82) is 0 Å². The molecule has 1 aromatic heterocycles. The van der Waals surface area contributed by atoms with Gasteiger partial charge in [0.15, 0.2) is 0 Å². The zero-order valence-corrected chi connectivity index (χ0v) is 18.9. The Kier molecular flexibility index (Phi) is 5.13. The van der Waals surface area contributed by atoms with Crippen LogP contribution in [0, 0.1) is 11.8 Å². The van der Waals surface area contributed by atoms with Crippen LogP contribution in [0.5, 0.6) is 0 Å². The molecule has 2 N–H and O–H groups in total. The molecule has 1 amide bonds. The number of rotatable bonds is 4. The maximum Gasteiger partial charge on any atom is 0.289 e. The highest BCUT2D eigenvalue weighted by atomic mass is 16.2. The largest absolute Gasteiger partial charge is 0.363 e. The lowest BCUT2D eigenvalue weighted by atomic mass is 9.68. The highest BCUT2D eigenvalue weighted by Crippen LogP contribution is 2.48. The Bertz CT molecular complexity index is 1020. The lowest BCUT2D eigenvalue weighted by Gasteiger charge is -2.55. The summed E-state index contributed by atoms with van der Waals surface area (Å²) in [5, 5.41) is 0.851. The number of Topliss-reactive ketones (excluding diaryl/α,β-unsaturated/α-hetero) is 1. The molecule has 3 heterocycles. The molecule has 3 unspecified atom stereocenters. The number of primary amides is 1. The molecule has 2 aliphatic heterocycles. The predicted octanol–water partition coefficient (Wildman–Crippen LogP) is 4.84. The van der Waals surface area contributed by atoms with Crippen molar-refractivity contribution in [2.45, 2.75) is 94.8 Å². The second kappa shape index (κ2) is 8.02. The molecular formula is C27H35N3O2. The molecule has 32 heavy (non-hydrogen) atoms. The number of hydrogen-bond acceptors (Lipinski definition) is 3. The summed E-state index contributed by atoms with van der Waals surface area (Å²) in [6.07, 6.45) is 16.8. The molecule has 5 heteroatoms. The fraction of sp³-hybridized carbons (Fsp3) is 0.630. The summed E-state index contributed by atoms with van der Waals surface area (Å²) < 4.78 is 2.30. The molecule has 1 aromatic carbocycles. The van der Waals surface area contributed by atoms with E-state index in [-0.39, 0.29) is 0 Å². The van der Waals surface area contributed by atoms with Gasteiger partial charge in [-0.15, -0.1) is 0 Å². The number of aromatic nitrogens is 1. The molecule has 2 saturated heterocycles. The van der Waals surface area contributed by atoms with Crippen LogP contribution < -0.4 is 5.73 Å². The van der Waals surface area contributed by atoms with Crippen molar-refractivity contribution in [3.8, 4) is 0 Å². The minimum Gasteiger partial charge on any atom is -0.363 e. The van der Waals surface area contributed by atoms with E-state index in [1.54, 1.807) is 0 Å². The first-order valence-electron chi connectivity index (χ1n) is 12.8. The fourth-order valence-corrected chi connectivity index (χ4v) is 7.97. The molecule has 5 atom stereocenters. The summed E-state index contributed by atoms with van der Waals surface area (Å²) in [4.78, 5) is 27.1. The first-order chi connectivity index (χ1) is 15.6. The Balaban J connectivity index is 1.30. The average molecular weight is 434 g/mol. The molecule has 4 fully saturated rings. The van der Waals surface area contributed by atoms with Gasteiger partial charge in [-0.25, -0.2) is 0 Å². The highest BCUT2D eigenvalue weighted by molar-refractivity contribution is 6.44. The highest BCUT2D eigenvalue weighted by Gasteiger charge is 2.45.